The molecule has 0 aromatic heterocycles. The molecule has 2 rings (SSSR count). The molecule has 2 nitrogen and oxygen atoms in total. The molecule has 0 unspecified atom stereocenters. The second-order valence-corrected chi connectivity index (χ2v) is 6.25. The van der Waals surface area contributed by atoms with Crippen LogP contribution in [0.4, 0.5) is 0 Å². The van der Waals surface area contributed by atoms with Gasteiger partial charge >= 0.3 is 0 Å². The first-order valence-electron chi connectivity index (χ1n) is 7.06. The summed E-state index contributed by atoms with van der Waals surface area (Å²) in [6.07, 6.45) is 13.7. The van der Waals surface area contributed by atoms with Crippen molar-refractivity contribution in [3.8, 4) is 12.3 Å². The van der Waals surface area contributed by atoms with Crippen molar-refractivity contribution in [1.29, 1.82) is 0 Å². The highest BCUT2D eigenvalue weighted by atomic mass is 15.2. The largest absolute Gasteiger partial charge is 0.310 e. The molecule has 2 aliphatic rings. The fourth-order valence-corrected chi connectivity index (χ4v) is 3.26. The van der Waals surface area contributed by atoms with E-state index in [1.165, 1.54) is 38.5 Å². The van der Waals surface area contributed by atoms with Gasteiger partial charge in [0.2, 0.25) is 0 Å². The highest BCUT2D eigenvalue weighted by Gasteiger charge is 2.38. The van der Waals surface area contributed by atoms with Crippen LogP contribution in [-0.2, 0) is 0 Å². The van der Waals surface area contributed by atoms with Crippen molar-refractivity contribution in [2.45, 2.75) is 63.5 Å². The van der Waals surface area contributed by atoms with Gasteiger partial charge in [0.1, 0.15) is 0 Å². The monoisotopic (exact) mass is 234 g/mol. The minimum absolute atomic E-state index is 0.101. The van der Waals surface area contributed by atoms with E-state index in [-0.39, 0.29) is 5.54 Å². The van der Waals surface area contributed by atoms with Crippen molar-refractivity contribution in [3.05, 3.63) is 0 Å². The third-order valence-corrected chi connectivity index (χ3v) is 4.55. The molecule has 1 aliphatic heterocycles. The summed E-state index contributed by atoms with van der Waals surface area (Å²) in [5, 5.41) is 3.81. The smallest absolute Gasteiger partial charge is 0.0766 e. The fraction of sp³-hybridized carbons (Fsp3) is 0.867. The van der Waals surface area contributed by atoms with Crippen molar-refractivity contribution in [1.82, 2.24) is 10.2 Å². The van der Waals surface area contributed by atoms with Crippen molar-refractivity contribution in [2.75, 3.05) is 19.6 Å². The molecular formula is C15H26N2. The lowest BCUT2D eigenvalue weighted by molar-refractivity contribution is 0.111. The normalized spacial score (nSPS) is 26.4. The van der Waals surface area contributed by atoms with Gasteiger partial charge in [0.05, 0.1) is 5.54 Å². The number of hydrogen-bond acceptors (Lipinski definition) is 2. The van der Waals surface area contributed by atoms with E-state index in [9.17, 15) is 0 Å². The number of hydrogen-bond donors (Lipinski definition) is 1. The van der Waals surface area contributed by atoms with E-state index in [0.29, 0.717) is 5.54 Å². The predicted octanol–water partition coefficient (Wildman–Crippen LogP) is 2.40. The molecule has 0 aromatic rings. The summed E-state index contributed by atoms with van der Waals surface area (Å²) in [4.78, 5) is 2.51. The summed E-state index contributed by atoms with van der Waals surface area (Å²) in [6.45, 7) is 7.76. The number of rotatable bonds is 1. The molecule has 0 bridgehead atoms. The maximum absolute atomic E-state index is 5.69. The van der Waals surface area contributed by atoms with E-state index in [1.54, 1.807) is 0 Å². The van der Waals surface area contributed by atoms with Crippen LogP contribution in [0.2, 0.25) is 0 Å². The van der Waals surface area contributed by atoms with Crippen LogP contribution < -0.4 is 5.32 Å². The molecule has 0 aromatic carbocycles. The van der Waals surface area contributed by atoms with Gasteiger partial charge in [0.15, 0.2) is 0 Å². The lowest BCUT2D eigenvalue weighted by Crippen LogP contribution is -2.56. The molecular weight excluding hydrogens is 208 g/mol. The molecule has 1 heterocycles. The second kappa shape index (κ2) is 5.00. The van der Waals surface area contributed by atoms with Crippen molar-refractivity contribution >= 4 is 0 Å². The van der Waals surface area contributed by atoms with E-state index < -0.39 is 0 Å². The molecule has 1 saturated heterocycles. The zero-order valence-corrected chi connectivity index (χ0v) is 11.4. The Hall–Kier alpha value is -0.520. The standard InChI is InChI=1S/C15H26N2/c1-4-14(2,3)17-12-8-11-16-15(13-17)9-6-5-7-10-15/h1,16H,5-13H2,2-3H3. The van der Waals surface area contributed by atoms with Crippen LogP contribution in [0.25, 0.3) is 0 Å². The number of nitrogens with zero attached hydrogens (tertiary/aromatic N) is 1. The van der Waals surface area contributed by atoms with E-state index in [2.05, 4.69) is 30.0 Å². The minimum Gasteiger partial charge on any atom is -0.310 e. The molecule has 1 aliphatic carbocycles. The predicted molar refractivity (Wildman–Crippen MR) is 72.9 cm³/mol. The molecule has 0 atom stereocenters. The topological polar surface area (TPSA) is 15.3 Å². The Morgan fingerprint density at radius 1 is 1.18 bits per heavy atom. The highest BCUT2D eigenvalue weighted by Crippen LogP contribution is 2.32. The first-order valence-corrected chi connectivity index (χ1v) is 7.06. The van der Waals surface area contributed by atoms with Gasteiger partial charge in [-0.05, 0) is 39.7 Å². The number of terminal acetylenes is 1. The first kappa shape index (κ1) is 12.9. The van der Waals surface area contributed by atoms with Gasteiger partial charge in [-0.3, -0.25) is 4.90 Å². The Balaban J connectivity index is 2.12. The van der Waals surface area contributed by atoms with Gasteiger partial charge in [-0.1, -0.05) is 25.2 Å². The Morgan fingerprint density at radius 2 is 1.88 bits per heavy atom. The second-order valence-electron chi connectivity index (χ2n) is 6.25. The average Bonchev–Trinajstić information content (AvgIpc) is 2.54. The van der Waals surface area contributed by atoms with Crippen LogP contribution in [0.15, 0.2) is 0 Å². The third kappa shape index (κ3) is 2.84. The van der Waals surface area contributed by atoms with Gasteiger partial charge < -0.3 is 5.32 Å². The molecule has 1 N–H and O–H groups in total. The molecule has 1 spiro atoms. The van der Waals surface area contributed by atoms with Gasteiger partial charge in [-0.15, -0.1) is 6.42 Å². The van der Waals surface area contributed by atoms with Crippen molar-refractivity contribution < 1.29 is 0 Å². The Kier molecular flexibility index (Phi) is 3.80. The maximum Gasteiger partial charge on any atom is 0.0766 e. The molecule has 2 fully saturated rings. The quantitative estimate of drug-likeness (QED) is 0.701. The van der Waals surface area contributed by atoms with E-state index >= 15 is 0 Å². The van der Waals surface area contributed by atoms with Crippen molar-refractivity contribution in [3.63, 3.8) is 0 Å². The van der Waals surface area contributed by atoms with Gasteiger partial charge in [-0.2, -0.15) is 0 Å². The number of nitrogens with one attached hydrogen (secondary N) is 1. The minimum atomic E-state index is -0.101. The Bertz CT molecular complexity index is 295. The zero-order valence-electron chi connectivity index (χ0n) is 11.4. The third-order valence-electron chi connectivity index (χ3n) is 4.55. The first-order chi connectivity index (χ1) is 8.08. The zero-order chi connectivity index (χ0) is 12.4. The van der Waals surface area contributed by atoms with Crippen LogP contribution in [0.1, 0.15) is 52.4 Å². The van der Waals surface area contributed by atoms with E-state index in [1.807, 2.05) is 0 Å². The molecule has 0 radical (unpaired) electrons. The summed E-state index contributed by atoms with van der Waals surface area (Å²) in [5.74, 6) is 2.96. The summed E-state index contributed by atoms with van der Waals surface area (Å²) >= 11 is 0. The summed E-state index contributed by atoms with van der Waals surface area (Å²) in [6, 6.07) is 0. The van der Waals surface area contributed by atoms with Crippen LogP contribution in [0.5, 0.6) is 0 Å². The van der Waals surface area contributed by atoms with Crippen LogP contribution in [-0.4, -0.2) is 35.6 Å². The Labute approximate surface area is 106 Å². The Morgan fingerprint density at radius 3 is 2.53 bits per heavy atom. The van der Waals surface area contributed by atoms with Crippen LogP contribution >= 0.6 is 0 Å². The summed E-state index contributed by atoms with van der Waals surface area (Å²) in [5.41, 5.74) is 0.249. The average molecular weight is 234 g/mol. The highest BCUT2D eigenvalue weighted by molar-refractivity contribution is 5.11. The fourth-order valence-electron chi connectivity index (χ4n) is 3.26. The van der Waals surface area contributed by atoms with Gasteiger partial charge in [-0.25, -0.2) is 0 Å². The van der Waals surface area contributed by atoms with E-state index in [4.69, 9.17) is 6.42 Å². The SMILES string of the molecule is C#CC(C)(C)N1CCCNC2(CCCCC2)C1. The van der Waals surface area contributed by atoms with Gasteiger partial charge in [0, 0.05) is 18.6 Å². The molecule has 17 heavy (non-hydrogen) atoms. The summed E-state index contributed by atoms with van der Waals surface area (Å²) in [7, 11) is 0. The van der Waals surface area contributed by atoms with Crippen LogP contribution in [0.3, 0.4) is 0 Å². The maximum atomic E-state index is 5.69. The lowest BCUT2D eigenvalue weighted by Gasteiger charge is -2.43. The van der Waals surface area contributed by atoms with Crippen molar-refractivity contribution in [2.24, 2.45) is 0 Å². The molecule has 1 saturated carbocycles. The van der Waals surface area contributed by atoms with E-state index in [0.717, 1.165) is 19.6 Å². The van der Waals surface area contributed by atoms with Gasteiger partial charge in [0.25, 0.3) is 0 Å². The molecule has 0 amide bonds. The lowest BCUT2D eigenvalue weighted by atomic mass is 9.80. The van der Waals surface area contributed by atoms with Crippen LogP contribution in [0, 0.1) is 12.3 Å². The molecule has 96 valence electrons. The molecule has 2 heteroatoms. The summed E-state index contributed by atoms with van der Waals surface area (Å²) < 4.78 is 0.